The van der Waals surface area contributed by atoms with Crippen LogP contribution in [0.3, 0.4) is 0 Å². The fraction of sp³-hybridized carbons (Fsp3) is 0.409. The van der Waals surface area contributed by atoms with Gasteiger partial charge in [0.15, 0.2) is 0 Å². The lowest BCUT2D eigenvalue weighted by atomic mass is 10.1. The third-order valence-electron chi connectivity index (χ3n) is 4.15. The Balaban J connectivity index is 2.13. The second-order valence-corrected chi connectivity index (χ2v) is 6.11. The van der Waals surface area contributed by atoms with Gasteiger partial charge < -0.3 is 14.2 Å². The molecule has 0 aliphatic heterocycles. The smallest absolute Gasteiger partial charge is 0.330 e. The second-order valence-electron chi connectivity index (χ2n) is 6.11. The van der Waals surface area contributed by atoms with Crippen LogP contribution in [0.15, 0.2) is 49.1 Å². The van der Waals surface area contributed by atoms with E-state index in [1.807, 2.05) is 43.3 Å². The molecule has 0 radical (unpaired) electrons. The van der Waals surface area contributed by atoms with Gasteiger partial charge in [-0.25, -0.2) is 4.79 Å². The van der Waals surface area contributed by atoms with Crippen molar-refractivity contribution in [2.24, 2.45) is 0 Å². The van der Waals surface area contributed by atoms with E-state index in [2.05, 4.69) is 13.5 Å². The summed E-state index contributed by atoms with van der Waals surface area (Å²) in [5.74, 6) is 1.19. The Kier molecular flexibility index (Phi) is 8.00. The minimum absolute atomic E-state index is 0.280. The van der Waals surface area contributed by atoms with E-state index in [1.54, 1.807) is 0 Å². The average molecular weight is 356 g/mol. The number of esters is 1. The molecule has 0 saturated carbocycles. The van der Waals surface area contributed by atoms with E-state index in [0.29, 0.717) is 13.2 Å². The molecule has 0 fully saturated rings. The minimum atomic E-state index is -0.411. The van der Waals surface area contributed by atoms with Crippen molar-refractivity contribution in [1.29, 1.82) is 0 Å². The molecule has 0 spiro atoms. The molecule has 26 heavy (non-hydrogen) atoms. The molecule has 1 atom stereocenters. The summed E-state index contributed by atoms with van der Waals surface area (Å²) in [6.45, 7) is 8.51. The number of unbranched alkanes of at least 4 members (excludes halogenated alkanes) is 2. The highest BCUT2D eigenvalue weighted by atomic mass is 16.6. The van der Waals surface area contributed by atoms with Crippen molar-refractivity contribution < 1.29 is 19.0 Å². The zero-order chi connectivity index (χ0) is 18.8. The van der Waals surface area contributed by atoms with Crippen LogP contribution in [0.4, 0.5) is 0 Å². The molecule has 0 bridgehead atoms. The van der Waals surface area contributed by atoms with Crippen LogP contribution in [0.1, 0.15) is 39.5 Å². The Bertz CT molecular complexity index is 723. The molecule has 140 valence electrons. The number of hydrogen-bond acceptors (Lipinski definition) is 4. The zero-order valence-corrected chi connectivity index (χ0v) is 15.7. The highest BCUT2D eigenvalue weighted by molar-refractivity contribution is 5.93. The minimum Gasteiger partial charge on any atom is -0.493 e. The summed E-state index contributed by atoms with van der Waals surface area (Å²) in [6.07, 6.45) is 4.92. The monoisotopic (exact) mass is 356 g/mol. The second kappa shape index (κ2) is 10.5. The Labute approximate surface area is 155 Å². The van der Waals surface area contributed by atoms with Crippen LogP contribution in [0.5, 0.6) is 11.5 Å². The van der Waals surface area contributed by atoms with Gasteiger partial charge in [0.05, 0.1) is 6.61 Å². The lowest BCUT2D eigenvalue weighted by molar-refractivity contribution is -0.144. The first kappa shape index (κ1) is 19.8. The van der Waals surface area contributed by atoms with Gasteiger partial charge in [0.2, 0.25) is 0 Å². The van der Waals surface area contributed by atoms with Crippen LogP contribution in [-0.4, -0.2) is 25.3 Å². The molecule has 0 heterocycles. The molecule has 2 aromatic carbocycles. The molecule has 0 N–H and O–H groups in total. The summed E-state index contributed by atoms with van der Waals surface area (Å²) < 4.78 is 17.2. The van der Waals surface area contributed by atoms with E-state index in [1.165, 1.54) is 6.08 Å². The number of hydrogen-bond donors (Lipinski definition) is 0. The van der Waals surface area contributed by atoms with Crippen LogP contribution >= 0.6 is 0 Å². The standard InChI is InChI=1S/C22H28O4/c1-4-7-8-11-17(26-22(23)5-2)16-25-21-15-14-20(24-6-3)18-12-9-10-13-19(18)21/h5,9-10,12-15,17H,2,4,6-8,11,16H2,1,3H3. The molecule has 0 amide bonds. The Morgan fingerprint density at radius 1 is 1.04 bits per heavy atom. The van der Waals surface area contributed by atoms with Gasteiger partial charge in [-0.2, -0.15) is 0 Å². The number of carbonyl (C=O) groups is 1. The molecule has 4 nitrogen and oxygen atoms in total. The molecule has 0 aliphatic carbocycles. The predicted molar refractivity (Wildman–Crippen MR) is 105 cm³/mol. The summed E-state index contributed by atoms with van der Waals surface area (Å²) in [5, 5.41) is 2.00. The Morgan fingerprint density at radius 2 is 1.69 bits per heavy atom. The van der Waals surface area contributed by atoms with Crippen molar-refractivity contribution in [3.8, 4) is 11.5 Å². The van der Waals surface area contributed by atoms with Gasteiger partial charge in [0.25, 0.3) is 0 Å². The molecule has 2 rings (SSSR count). The number of benzene rings is 2. The van der Waals surface area contributed by atoms with Crippen molar-refractivity contribution in [1.82, 2.24) is 0 Å². The topological polar surface area (TPSA) is 44.8 Å². The molecule has 0 aromatic heterocycles. The Hall–Kier alpha value is -2.49. The molecule has 1 unspecified atom stereocenters. The van der Waals surface area contributed by atoms with Crippen LogP contribution < -0.4 is 9.47 Å². The maximum atomic E-state index is 11.6. The summed E-state index contributed by atoms with van der Waals surface area (Å²) in [7, 11) is 0. The molecule has 0 aliphatic rings. The lowest BCUT2D eigenvalue weighted by Gasteiger charge is -2.19. The van der Waals surface area contributed by atoms with Crippen molar-refractivity contribution in [2.45, 2.75) is 45.6 Å². The zero-order valence-electron chi connectivity index (χ0n) is 15.7. The van der Waals surface area contributed by atoms with E-state index in [-0.39, 0.29) is 6.10 Å². The van der Waals surface area contributed by atoms with E-state index in [9.17, 15) is 4.79 Å². The van der Waals surface area contributed by atoms with Crippen LogP contribution in [0.25, 0.3) is 10.8 Å². The fourth-order valence-corrected chi connectivity index (χ4v) is 2.84. The third-order valence-corrected chi connectivity index (χ3v) is 4.15. The number of carbonyl (C=O) groups excluding carboxylic acids is 1. The van der Waals surface area contributed by atoms with Gasteiger partial charge in [-0.05, 0) is 31.9 Å². The molecular weight excluding hydrogens is 328 g/mol. The molecular formula is C22H28O4. The normalized spacial score (nSPS) is 11.8. The highest BCUT2D eigenvalue weighted by Gasteiger charge is 2.15. The van der Waals surface area contributed by atoms with E-state index < -0.39 is 5.97 Å². The third kappa shape index (κ3) is 5.51. The Morgan fingerprint density at radius 3 is 2.27 bits per heavy atom. The van der Waals surface area contributed by atoms with Crippen LogP contribution in [0.2, 0.25) is 0 Å². The first-order chi connectivity index (χ1) is 12.7. The first-order valence-electron chi connectivity index (χ1n) is 9.30. The summed E-state index contributed by atoms with van der Waals surface area (Å²) >= 11 is 0. The van der Waals surface area contributed by atoms with Gasteiger partial charge in [0.1, 0.15) is 24.2 Å². The van der Waals surface area contributed by atoms with E-state index in [0.717, 1.165) is 48.0 Å². The average Bonchev–Trinajstić information content (AvgIpc) is 2.67. The fourth-order valence-electron chi connectivity index (χ4n) is 2.84. The summed E-state index contributed by atoms with van der Waals surface area (Å²) in [4.78, 5) is 11.6. The lowest BCUT2D eigenvalue weighted by Crippen LogP contribution is -2.24. The van der Waals surface area contributed by atoms with E-state index >= 15 is 0 Å². The van der Waals surface area contributed by atoms with Gasteiger partial charge in [-0.15, -0.1) is 0 Å². The largest absolute Gasteiger partial charge is 0.493 e. The van der Waals surface area contributed by atoms with Crippen LogP contribution in [0, 0.1) is 0 Å². The van der Waals surface area contributed by atoms with Gasteiger partial charge in [-0.3, -0.25) is 0 Å². The molecule has 0 saturated heterocycles. The quantitative estimate of drug-likeness (QED) is 0.311. The molecule has 4 heteroatoms. The predicted octanol–water partition coefficient (Wildman–Crippen LogP) is 5.30. The molecule has 2 aromatic rings. The SMILES string of the molecule is C=CC(=O)OC(CCCCC)COc1ccc(OCC)c2ccccc12. The van der Waals surface area contributed by atoms with Crippen molar-refractivity contribution >= 4 is 16.7 Å². The van der Waals surface area contributed by atoms with Gasteiger partial charge >= 0.3 is 5.97 Å². The number of rotatable bonds is 11. The number of ether oxygens (including phenoxy) is 3. The summed E-state index contributed by atoms with van der Waals surface area (Å²) in [5.41, 5.74) is 0. The van der Waals surface area contributed by atoms with Crippen LogP contribution in [-0.2, 0) is 9.53 Å². The van der Waals surface area contributed by atoms with Crippen molar-refractivity contribution in [3.05, 3.63) is 49.1 Å². The van der Waals surface area contributed by atoms with Crippen molar-refractivity contribution in [2.75, 3.05) is 13.2 Å². The van der Waals surface area contributed by atoms with E-state index in [4.69, 9.17) is 14.2 Å². The first-order valence-corrected chi connectivity index (χ1v) is 9.30. The van der Waals surface area contributed by atoms with Crippen molar-refractivity contribution in [3.63, 3.8) is 0 Å². The van der Waals surface area contributed by atoms with Gasteiger partial charge in [-0.1, -0.05) is 50.6 Å². The summed E-state index contributed by atoms with van der Waals surface area (Å²) in [6, 6.07) is 11.8. The maximum Gasteiger partial charge on any atom is 0.330 e. The van der Waals surface area contributed by atoms with Gasteiger partial charge in [0, 0.05) is 16.8 Å². The maximum absolute atomic E-state index is 11.6. The highest BCUT2D eigenvalue weighted by Crippen LogP contribution is 2.33. The number of fused-ring (bicyclic) bond motifs is 1.